The first kappa shape index (κ1) is 9.13. The first-order chi connectivity index (χ1) is 4.00. The molecule has 0 aromatic rings. The van der Waals surface area contributed by atoms with Gasteiger partial charge in [0.25, 0.3) is 0 Å². The van der Waals surface area contributed by atoms with Gasteiger partial charge in [0.1, 0.15) is 3.81 Å². The van der Waals surface area contributed by atoms with Crippen LogP contribution in [0.3, 0.4) is 0 Å². The molecule has 0 bridgehead atoms. The lowest BCUT2D eigenvalue weighted by Crippen LogP contribution is -2.22. The van der Waals surface area contributed by atoms with Gasteiger partial charge in [-0.15, -0.1) is 0 Å². The van der Waals surface area contributed by atoms with Gasteiger partial charge in [-0.05, 0) is 15.9 Å². The van der Waals surface area contributed by atoms with E-state index in [-0.39, 0.29) is 3.81 Å². The molecular weight excluding hydrogens is 206 g/mol. The van der Waals surface area contributed by atoms with Crippen molar-refractivity contribution in [1.29, 1.82) is 0 Å². The molecule has 0 atom stereocenters. The number of halogens is 1. The summed E-state index contributed by atoms with van der Waals surface area (Å²) in [6.07, 6.45) is 0. The van der Waals surface area contributed by atoms with E-state index in [0.29, 0.717) is 6.54 Å². The van der Waals surface area contributed by atoms with E-state index in [4.69, 9.17) is 0 Å². The van der Waals surface area contributed by atoms with Crippen molar-refractivity contribution in [2.75, 3.05) is 6.54 Å². The molecule has 0 saturated carbocycles. The Morgan fingerprint density at radius 3 is 2.33 bits per heavy atom. The first-order valence-corrected chi connectivity index (χ1v) is 4.62. The van der Waals surface area contributed by atoms with Crippen LogP contribution in [0.5, 0.6) is 0 Å². The Hall–Kier alpha value is 0.130. The summed E-state index contributed by atoms with van der Waals surface area (Å²) in [7, 11) is -3.28. The summed E-state index contributed by atoms with van der Waals surface area (Å²) in [6, 6.07) is 0. The maximum atomic E-state index is 10.7. The zero-order chi connectivity index (χ0) is 7.49. The fraction of sp³-hybridized carbons (Fsp3) is 0.500. The van der Waals surface area contributed by atoms with Crippen LogP contribution < -0.4 is 4.72 Å². The van der Waals surface area contributed by atoms with Crippen molar-refractivity contribution in [3.05, 3.63) is 10.4 Å². The molecule has 0 aliphatic rings. The highest BCUT2D eigenvalue weighted by Crippen LogP contribution is 2.07. The molecule has 0 amide bonds. The van der Waals surface area contributed by atoms with Crippen molar-refractivity contribution >= 4 is 26.0 Å². The van der Waals surface area contributed by atoms with E-state index < -0.39 is 10.0 Å². The average molecular weight is 214 g/mol. The van der Waals surface area contributed by atoms with Gasteiger partial charge in [-0.25, -0.2) is 13.1 Å². The average Bonchev–Trinajstić information content (AvgIpc) is 1.65. The van der Waals surface area contributed by atoms with E-state index in [9.17, 15) is 8.42 Å². The van der Waals surface area contributed by atoms with E-state index in [1.54, 1.807) is 6.92 Å². The summed E-state index contributed by atoms with van der Waals surface area (Å²) in [5.41, 5.74) is 0. The minimum atomic E-state index is -3.28. The molecule has 0 heterocycles. The van der Waals surface area contributed by atoms with Gasteiger partial charge in [0.2, 0.25) is 10.0 Å². The van der Waals surface area contributed by atoms with Gasteiger partial charge in [-0.3, -0.25) is 0 Å². The number of sulfonamides is 1. The first-order valence-electron chi connectivity index (χ1n) is 2.34. The quantitative estimate of drug-likeness (QED) is 0.754. The van der Waals surface area contributed by atoms with Crippen LogP contribution in [0.1, 0.15) is 6.92 Å². The van der Waals surface area contributed by atoms with Gasteiger partial charge >= 0.3 is 0 Å². The third kappa shape index (κ3) is 2.98. The Labute approximate surface area is 63.3 Å². The number of hydrogen-bond donors (Lipinski definition) is 1. The van der Waals surface area contributed by atoms with Crippen molar-refractivity contribution in [2.24, 2.45) is 0 Å². The predicted octanol–water partition coefficient (Wildman–Crippen LogP) is 0.792. The van der Waals surface area contributed by atoms with Crippen LogP contribution in [0.25, 0.3) is 0 Å². The van der Waals surface area contributed by atoms with E-state index in [1.165, 1.54) is 0 Å². The molecule has 0 rings (SSSR count). The molecule has 9 heavy (non-hydrogen) atoms. The molecular formula is C4H8BrNO2S. The fourth-order valence-corrected chi connectivity index (χ4v) is 1.15. The van der Waals surface area contributed by atoms with E-state index in [1.807, 2.05) is 0 Å². The molecule has 0 unspecified atom stereocenters. The second kappa shape index (κ2) is 3.34. The SMILES string of the molecule is C=C(Br)S(=O)(=O)NCC. The van der Waals surface area contributed by atoms with Gasteiger partial charge in [0.15, 0.2) is 0 Å². The molecule has 3 nitrogen and oxygen atoms in total. The monoisotopic (exact) mass is 213 g/mol. The van der Waals surface area contributed by atoms with Crippen LogP contribution in [0.15, 0.2) is 10.4 Å². The van der Waals surface area contributed by atoms with Crippen LogP contribution in [0.4, 0.5) is 0 Å². The van der Waals surface area contributed by atoms with Crippen LogP contribution in [-0.4, -0.2) is 15.0 Å². The van der Waals surface area contributed by atoms with Gasteiger partial charge in [-0.2, -0.15) is 0 Å². The number of nitrogens with one attached hydrogen (secondary N) is 1. The Kier molecular flexibility index (Phi) is 3.38. The van der Waals surface area contributed by atoms with Crippen LogP contribution in [0, 0.1) is 0 Å². The number of hydrogen-bond acceptors (Lipinski definition) is 2. The highest BCUT2D eigenvalue weighted by molar-refractivity contribution is 9.13. The predicted molar refractivity (Wildman–Crippen MR) is 40.7 cm³/mol. The molecule has 0 fully saturated rings. The molecule has 54 valence electrons. The second-order valence-corrected chi connectivity index (χ2v) is 4.63. The molecule has 0 saturated heterocycles. The lowest BCUT2D eigenvalue weighted by atomic mass is 10.8. The highest BCUT2D eigenvalue weighted by Gasteiger charge is 2.08. The third-order valence-corrected chi connectivity index (χ3v) is 3.16. The lowest BCUT2D eigenvalue weighted by Gasteiger charge is -1.98. The molecule has 0 aliphatic carbocycles. The third-order valence-electron chi connectivity index (χ3n) is 0.626. The Bertz CT molecular complexity index is 197. The van der Waals surface area contributed by atoms with Crippen molar-refractivity contribution in [3.63, 3.8) is 0 Å². The fourth-order valence-electron chi connectivity index (χ4n) is 0.268. The molecule has 0 aliphatic heterocycles. The van der Waals surface area contributed by atoms with Crippen molar-refractivity contribution < 1.29 is 8.42 Å². The summed E-state index contributed by atoms with van der Waals surface area (Å²) >= 11 is 2.75. The van der Waals surface area contributed by atoms with E-state index >= 15 is 0 Å². The minimum Gasteiger partial charge on any atom is -0.211 e. The van der Waals surface area contributed by atoms with Gasteiger partial charge < -0.3 is 0 Å². The topological polar surface area (TPSA) is 46.2 Å². The lowest BCUT2D eigenvalue weighted by molar-refractivity contribution is 0.592. The van der Waals surface area contributed by atoms with E-state index in [2.05, 4.69) is 27.2 Å². The molecule has 1 N–H and O–H groups in total. The normalized spacial score (nSPS) is 11.3. The zero-order valence-electron chi connectivity index (χ0n) is 5.02. The van der Waals surface area contributed by atoms with Gasteiger partial charge in [-0.1, -0.05) is 13.5 Å². The summed E-state index contributed by atoms with van der Waals surface area (Å²) in [5, 5.41) is 0. The summed E-state index contributed by atoms with van der Waals surface area (Å²) in [4.78, 5) is 0. The summed E-state index contributed by atoms with van der Waals surface area (Å²) < 4.78 is 23.6. The van der Waals surface area contributed by atoms with Crippen molar-refractivity contribution in [2.45, 2.75) is 6.92 Å². The van der Waals surface area contributed by atoms with Crippen molar-refractivity contribution in [3.8, 4) is 0 Å². The van der Waals surface area contributed by atoms with Crippen LogP contribution in [0.2, 0.25) is 0 Å². The molecule has 5 heteroatoms. The Balaban J connectivity index is 4.23. The van der Waals surface area contributed by atoms with Crippen molar-refractivity contribution in [1.82, 2.24) is 4.72 Å². The van der Waals surface area contributed by atoms with Gasteiger partial charge in [0, 0.05) is 6.54 Å². The maximum Gasteiger partial charge on any atom is 0.246 e. The largest absolute Gasteiger partial charge is 0.246 e. The van der Waals surface area contributed by atoms with E-state index in [0.717, 1.165) is 0 Å². The molecule has 0 radical (unpaired) electrons. The summed E-state index contributed by atoms with van der Waals surface area (Å²) in [5.74, 6) is 0. The Morgan fingerprint density at radius 1 is 1.78 bits per heavy atom. The molecule has 0 aromatic carbocycles. The second-order valence-electron chi connectivity index (χ2n) is 1.36. The van der Waals surface area contributed by atoms with Crippen LogP contribution in [-0.2, 0) is 10.0 Å². The highest BCUT2D eigenvalue weighted by atomic mass is 79.9. The van der Waals surface area contributed by atoms with Crippen LogP contribution >= 0.6 is 15.9 Å². The summed E-state index contributed by atoms with van der Waals surface area (Å²) in [6.45, 7) is 5.30. The standard InChI is InChI=1S/C4H8BrNO2S/c1-3-6-9(7,8)4(2)5/h6H,2-3H2,1H3. The minimum absolute atomic E-state index is 0.0307. The smallest absolute Gasteiger partial charge is 0.211 e. The van der Waals surface area contributed by atoms with Gasteiger partial charge in [0.05, 0.1) is 0 Å². The zero-order valence-corrected chi connectivity index (χ0v) is 7.42. The number of rotatable bonds is 3. The Morgan fingerprint density at radius 2 is 2.22 bits per heavy atom. The maximum absolute atomic E-state index is 10.7. The molecule has 0 spiro atoms. The molecule has 0 aromatic heterocycles.